The summed E-state index contributed by atoms with van der Waals surface area (Å²) in [5, 5.41) is 0. The molecule has 3 heteroatoms. The van der Waals surface area contributed by atoms with E-state index >= 15 is 0 Å². The fourth-order valence-electron chi connectivity index (χ4n) is 5.10. The maximum Gasteiger partial charge on any atom is 0.234 e. The second-order valence-corrected chi connectivity index (χ2v) is 8.37. The van der Waals surface area contributed by atoms with Crippen molar-refractivity contribution in [2.45, 2.75) is 18.3 Å². The zero-order valence-electron chi connectivity index (χ0n) is 17.3. The Bertz CT molecular complexity index is 1020. The minimum Gasteiger partial charge on any atom is -0.282 e. The Morgan fingerprint density at radius 1 is 0.581 bits per heavy atom. The van der Waals surface area contributed by atoms with Crippen LogP contribution in [0.25, 0.3) is 0 Å². The minimum atomic E-state index is -0.360. The molecule has 5 rings (SSSR count). The van der Waals surface area contributed by atoms with Gasteiger partial charge in [0.2, 0.25) is 11.8 Å². The van der Waals surface area contributed by atoms with Crippen LogP contribution in [0.4, 0.5) is 0 Å². The summed E-state index contributed by atoms with van der Waals surface area (Å²) in [6, 6.07) is 30.2. The van der Waals surface area contributed by atoms with Crippen molar-refractivity contribution in [3.8, 4) is 0 Å². The summed E-state index contributed by atoms with van der Waals surface area (Å²) in [5.74, 6) is -0.953. The monoisotopic (exact) mass is 407 g/mol. The molecule has 3 aromatic rings. The third-order valence-electron chi connectivity index (χ3n) is 6.62. The van der Waals surface area contributed by atoms with E-state index in [4.69, 9.17) is 0 Å². The summed E-state index contributed by atoms with van der Waals surface area (Å²) in [5.41, 5.74) is 3.31. The Morgan fingerprint density at radius 3 is 1.45 bits per heavy atom. The number of hydrogen-bond acceptors (Lipinski definition) is 2. The van der Waals surface area contributed by atoms with Gasteiger partial charge in [-0.2, -0.15) is 0 Å². The summed E-state index contributed by atoms with van der Waals surface area (Å²) in [6.07, 6.45) is 4.96. The Kier molecular flexibility index (Phi) is 5.25. The predicted molar refractivity (Wildman–Crippen MR) is 121 cm³/mol. The molecule has 154 valence electrons. The molecule has 0 saturated carbocycles. The normalized spacial score (nSPS) is 25.0. The lowest BCUT2D eigenvalue weighted by Gasteiger charge is -2.32. The second kappa shape index (κ2) is 8.35. The van der Waals surface area contributed by atoms with Gasteiger partial charge in [0.25, 0.3) is 0 Å². The van der Waals surface area contributed by atoms with E-state index in [2.05, 4.69) is 36.4 Å². The molecule has 3 aromatic carbocycles. The highest BCUT2D eigenvalue weighted by molar-refractivity contribution is 6.06. The zero-order chi connectivity index (χ0) is 21.2. The molecule has 0 radical (unpaired) electrons. The molecule has 1 aliphatic carbocycles. The molecule has 2 amide bonds. The van der Waals surface area contributed by atoms with Crippen molar-refractivity contribution < 1.29 is 9.59 Å². The van der Waals surface area contributed by atoms with Gasteiger partial charge in [-0.05, 0) is 23.1 Å². The van der Waals surface area contributed by atoms with Gasteiger partial charge in [0.1, 0.15) is 0 Å². The molecule has 0 aromatic heterocycles. The first-order valence-corrected chi connectivity index (χ1v) is 10.9. The molecule has 0 unspecified atom stereocenters. The molecular weight excluding hydrogens is 382 g/mol. The number of likely N-dealkylation sites (tertiary alicyclic amines) is 1. The average molecular weight is 408 g/mol. The van der Waals surface area contributed by atoms with E-state index in [1.54, 1.807) is 0 Å². The number of rotatable bonds is 5. The maximum atomic E-state index is 13.6. The van der Waals surface area contributed by atoms with Crippen molar-refractivity contribution in [1.29, 1.82) is 0 Å². The Hall–Kier alpha value is -3.46. The van der Waals surface area contributed by atoms with Gasteiger partial charge in [-0.15, -0.1) is 0 Å². The molecule has 2 aliphatic rings. The van der Waals surface area contributed by atoms with E-state index in [0.29, 0.717) is 13.0 Å². The van der Waals surface area contributed by atoms with Crippen LogP contribution in [0.2, 0.25) is 0 Å². The number of fused-ring (bicyclic) bond motifs is 1. The van der Waals surface area contributed by atoms with Gasteiger partial charge in [0.15, 0.2) is 0 Å². The number of carbonyl (C=O) groups is 2. The number of nitrogens with zero attached hydrogens (tertiary/aromatic N) is 1. The fourth-order valence-corrected chi connectivity index (χ4v) is 5.10. The summed E-state index contributed by atoms with van der Waals surface area (Å²) in [6.45, 7) is 0.428. The van der Waals surface area contributed by atoms with Crippen LogP contribution >= 0.6 is 0 Å². The van der Waals surface area contributed by atoms with Gasteiger partial charge < -0.3 is 0 Å². The quantitative estimate of drug-likeness (QED) is 0.442. The van der Waals surface area contributed by atoms with Gasteiger partial charge in [0.05, 0.1) is 11.8 Å². The molecule has 31 heavy (non-hydrogen) atoms. The molecule has 3 nitrogen and oxygen atoms in total. The fraction of sp³-hybridized carbons (Fsp3) is 0.214. The summed E-state index contributed by atoms with van der Waals surface area (Å²) in [4.78, 5) is 28.7. The standard InChI is InChI=1S/C28H25NO2/c30-27-25-23(21-12-6-2-7-13-21)16-17-24(22-14-8-3-9-15-22)26(25)28(31)29(27)19-18-20-10-4-1-5-11-20/h1-17,23-26H,18-19H2/t23-,24-,25+,26+/m1/s1. The number of imide groups is 1. The van der Waals surface area contributed by atoms with Crippen LogP contribution in [-0.4, -0.2) is 23.3 Å². The molecule has 1 fully saturated rings. The van der Waals surface area contributed by atoms with E-state index in [-0.39, 0.29) is 35.5 Å². The Morgan fingerprint density at radius 2 is 1.00 bits per heavy atom. The first-order chi connectivity index (χ1) is 15.2. The van der Waals surface area contributed by atoms with Gasteiger partial charge in [-0.3, -0.25) is 14.5 Å². The van der Waals surface area contributed by atoms with E-state index in [9.17, 15) is 9.59 Å². The van der Waals surface area contributed by atoms with Crippen molar-refractivity contribution in [1.82, 2.24) is 4.90 Å². The number of benzene rings is 3. The summed E-state index contributed by atoms with van der Waals surface area (Å²) < 4.78 is 0. The number of carbonyl (C=O) groups excluding carboxylic acids is 2. The van der Waals surface area contributed by atoms with Gasteiger partial charge in [-0.1, -0.05) is 103 Å². The van der Waals surface area contributed by atoms with Crippen molar-refractivity contribution in [3.05, 3.63) is 120 Å². The van der Waals surface area contributed by atoms with E-state index in [1.807, 2.05) is 66.7 Å². The molecule has 1 aliphatic heterocycles. The van der Waals surface area contributed by atoms with Crippen LogP contribution in [-0.2, 0) is 16.0 Å². The Balaban J connectivity index is 1.50. The number of amides is 2. The third kappa shape index (κ3) is 3.61. The highest BCUT2D eigenvalue weighted by atomic mass is 16.2. The Labute approximate surface area is 183 Å². The minimum absolute atomic E-state index is 0.0370. The average Bonchev–Trinajstić information content (AvgIpc) is 3.09. The largest absolute Gasteiger partial charge is 0.282 e. The molecule has 0 N–H and O–H groups in total. The first kappa shape index (κ1) is 19.5. The lowest BCUT2D eigenvalue weighted by Crippen LogP contribution is -2.33. The lowest BCUT2D eigenvalue weighted by molar-refractivity contribution is -0.139. The number of hydrogen-bond donors (Lipinski definition) is 0. The van der Waals surface area contributed by atoms with Crippen molar-refractivity contribution in [2.24, 2.45) is 11.8 Å². The van der Waals surface area contributed by atoms with Crippen molar-refractivity contribution in [2.75, 3.05) is 6.54 Å². The first-order valence-electron chi connectivity index (χ1n) is 10.9. The van der Waals surface area contributed by atoms with Crippen molar-refractivity contribution in [3.63, 3.8) is 0 Å². The maximum absolute atomic E-state index is 13.6. The highest BCUT2D eigenvalue weighted by Gasteiger charge is 2.54. The second-order valence-electron chi connectivity index (χ2n) is 8.37. The topological polar surface area (TPSA) is 37.4 Å². The van der Waals surface area contributed by atoms with Gasteiger partial charge in [-0.25, -0.2) is 0 Å². The van der Waals surface area contributed by atoms with Gasteiger partial charge in [0, 0.05) is 18.4 Å². The van der Waals surface area contributed by atoms with Crippen molar-refractivity contribution >= 4 is 11.8 Å². The predicted octanol–water partition coefficient (Wildman–Crippen LogP) is 4.97. The van der Waals surface area contributed by atoms with Crippen LogP contribution in [0.3, 0.4) is 0 Å². The highest BCUT2D eigenvalue weighted by Crippen LogP contribution is 2.49. The van der Waals surface area contributed by atoms with Crippen LogP contribution in [0.15, 0.2) is 103 Å². The van der Waals surface area contributed by atoms with Gasteiger partial charge >= 0.3 is 0 Å². The van der Waals surface area contributed by atoms with Crippen LogP contribution in [0, 0.1) is 11.8 Å². The summed E-state index contributed by atoms with van der Waals surface area (Å²) in [7, 11) is 0. The van der Waals surface area contributed by atoms with E-state index in [1.165, 1.54) is 4.90 Å². The van der Waals surface area contributed by atoms with Crippen LogP contribution in [0.5, 0.6) is 0 Å². The van der Waals surface area contributed by atoms with Crippen LogP contribution < -0.4 is 0 Å². The number of allylic oxidation sites excluding steroid dienone is 2. The third-order valence-corrected chi connectivity index (χ3v) is 6.62. The lowest BCUT2D eigenvalue weighted by atomic mass is 9.68. The van der Waals surface area contributed by atoms with E-state index in [0.717, 1.165) is 16.7 Å². The molecule has 1 saturated heterocycles. The molecule has 1 heterocycles. The van der Waals surface area contributed by atoms with E-state index < -0.39 is 0 Å². The van der Waals surface area contributed by atoms with Crippen LogP contribution in [0.1, 0.15) is 28.5 Å². The molecule has 0 spiro atoms. The molecular formula is C28H25NO2. The smallest absolute Gasteiger partial charge is 0.234 e. The SMILES string of the molecule is O=C1[C@@H]2[C@@H](C(=O)N1CCc1ccccc1)[C@@H](c1ccccc1)C=C[C@@H]2c1ccccc1. The zero-order valence-corrected chi connectivity index (χ0v) is 17.3. The molecule has 0 bridgehead atoms. The molecule has 4 atom stereocenters. The summed E-state index contributed by atoms with van der Waals surface area (Å²) >= 11 is 0.